The Labute approximate surface area is 162 Å². The molecule has 7 heteroatoms. The van der Waals surface area contributed by atoms with E-state index in [1.807, 2.05) is 48.5 Å². The zero-order chi connectivity index (χ0) is 18.7. The van der Waals surface area contributed by atoms with E-state index in [1.54, 1.807) is 24.9 Å². The number of rotatable bonds is 3. The van der Waals surface area contributed by atoms with Crippen molar-refractivity contribution >= 4 is 40.5 Å². The minimum absolute atomic E-state index is 0.222. The second-order valence-corrected chi connectivity index (χ2v) is 6.61. The van der Waals surface area contributed by atoms with Crippen molar-refractivity contribution < 1.29 is 4.79 Å². The molecule has 2 N–H and O–H groups in total. The lowest BCUT2D eigenvalue weighted by atomic mass is 10.0. The quantitative estimate of drug-likeness (QED) is 0.665. The fraction of sp³-hybridized carbons (Fsp3) is 0.105. The third kappa shape index (κ3) is 4.09. The highest BCUT2D eigenvalue weighted by molar-refractivity contribution is 7.80. The highest BCUT2D eigenvalue weighted by atomic mass is 35.5. The summed E-state index contributed by atoms with van der Waals surface area (Å²) in [5, 5.41) is 10.8. The molecule has 1 amide bonds. The maximum absolute atomic E-state index is 12.4. The first-order valence-electron chi connectivity index (χ1n) is 7.91. The summed E-state index contributed by atoms with van der Waals surface area (Å²) in [6, 6.07) is 15.2. The standard InChI is InChI=1S/C19H17ClN4OS/c1-12-16(11-24(2)23-12)18(25)22-19(26)21-17-6-4-3-5-15(17)13-7-9-14(20)10-8-13/h3-11H,1-2H3,(H2,21,22,25,26). The van der Waals surface area contributed by atoms with Crippen LogP contribution in [0.3, 0.4) is 0 Å². The molecule has 0 fully saturated rings. The van der Waals surface area contributed by atoms with Crippen LogP contribution in [0.15, 0.2) is 54.7 Å². The molecule has 0 spiro atoms. The summed E-state index contributed by atoms with van der Waals surface area (Å²) in [5.74, 6) is -0.294. The normalized spacial score (nSPS) is 10.4. The second-order valence-electron chi connectivity index (χ2n) is 5.76. The molecule has 0 aliphatic heterocycles. The number of anilines is 1. The summed E-state index contributed by atoms with van der Waals surface area (Å²) < 4.78 is 1.59. The number of hydrogen-bond donors (Lipinski definition) is 2. The number of carbonyl (C=O) groups is 1. The van der Waals surface area contributed by atoms with Crippen molar-refractivity contribution in [2.75, 3.05) is 5.32 Å². The van der Waals surface area contributed by atoms with E-state index in [-0.39, 0.29) is 11.0 Å². The molecule has 0 aliphatic rings. The molecule has 3 aromatic rings. The van der Waals surface area contributed by atoms with Crippen molar-refractivity contribution in [2.24, 2.45) is 7.05 Å². The summed E-state index contributed by atoms with van der Waals surface area (Å²) in [4.78, 5) is 12.4. The Morgan fingerprint density at radius 3 is 2.50 bits per heavy atom. The second kappa shape index (κ2) is 7.68. The van der Waals surface area contributed by atoms with Crippen LogP contribution in [0.25, 0.3) is 11.1 Å². The van der Waals surface area contributed by atoms with Crippen LogP contribution in [0, 0.1) is 6.92 Å². The molecule has 0 saturated heterocycles. The number of nitrogens with one attached hydrogen (secondary N) is 2. The number of carbonyl (C=O) groups excluding carboxylic acids is 1. The van der Waals surface area contributed by atoms with E-state index in [1.165, 1.54) is 0 Å². The van der Waals surface area contributed by atoms with Crippen molar-refractivity contribution in [2.45, 2.75) is 6.92 Å². The molecular formula is C19H17ClN4OS. The first-order chi connectivity index (χ1) is 12.4. The van der Waals surface area contributed by atoms with Gasteiger partial charge in [-0.15, -0.1) is 0 Å². The van der Waals surface area contributed by atoms with Gasteiger partial charge in [-0.1, -0.05) is 41.9 Å². The molecule has 0 atom stereocenters. The molecule has 132 valence electrons. The van der Waals surface area contributed by atoms with Gasteiger partial charge in [0.2, 0.25) is 0 Å². The van der Waals surface area contributed by atoms with Gasteiger partial charge >= 0.3 is 0 Å². The SMILES string of the molecule is Cc1nn(C)cc1C(=O)NC(=S)Nc1ccccc1-c1ccc(Cl)cc1. The Hall–Kier alpha value is -2.70. The minimum Gasteiger partial charge on any atom is -0.332 e. The summed E-state index contributed by atoms with van der Waals surface area (Å²) in [6.07, 6.45) is 1.66. The van der Waals surface area contributed by atoms with E-state index in [4.69, 9.17) is 23.8 Å². The van der Waals surface area contributed by atoms with Gasteiger partial charge in [-0.05, 0) is 42.9 Å². The van der Waals surface area contributed by atoms with Gasteiger partial charge < -0.3 is 5.32 Å². The summed E-state index contributed by atoms with van der Waals surface area (Å²) in [6.45, 7) is 1.78. The van der Waals surface area contributed by atoms with Crippen molar-refractivity contribution in [3.8, 4) is 11.1 Å². The summed E-state index contributed by atoms with van der Waals surface area (Å²) in [5.41, 5.74) is 3.88. The minimum atomic E-state index is -0.294. The summed E-state index contributed by atoms with van der Waals surface area (Å²) >= 11 is 11.3. The van der Waals surface area contributed by atoms with Crippen molar-refractivity contribution in [1.29, 1.82) is 0 Å². The van der Waals surface area contributed by atoms with Crippen LogP contribution in [0.5, 0.6) is 0 Å². The van der Waals surface area contributed by atoms with Crippen LogP contribution < -0.4 is 10.6 Å². The lowest BCUT2D eigenvalue weighted by Gasteiger charge is -2.13. The number of nitrogens with zero attached hydrogens (tertiary/aromatic N) is 2. The average Bonchev–Trinajstić information content (AvgIpc) is 2.94. The molecular weight excluding hydrogens is 368 g/mol. The molecule has 0 saturated carbocycles. The van der Waals surface area contributed by atoms with Gasteiger partial charge in [0.25, 0.3) is 5.91 Å². The van der Waals surface area contributed by atoms with E-state index in [9.17, 15) is 4.79 Å². The number of thiocarbonyl (C=S) groups is 1. The van der Waals surface area contributed by atoms with Crippen LogP contribution in [0.4, 0.5) is 5.69 Å². The molecule has 0 radical (unpaired) electrons. The lowest BCUT2D eigenvalue weighted by molar-refractivity contribution is 0.0977. The van der Waals surface area contributed by atoms with Gasteiger partial charge in [0, 0.05) is 29.5 Å². The van der Waals surface area contributed by atoms with Crippen LogP contribution in [-0.4, -0.2) is 20.8 Å². The largest absolute Gasteiger partial charge is 0.332 e. The van der Waals surface area contributed by atoms with Crippen molar-refractivity contribution in [1.82, 2.24) is 15.1 Å². The smallest absolute Gasteiger partial charge is 0.260 e. The van der Waals surface area contributed by atoms with E-state index in [2.05, 4.69) is 15.7 Å². The summed E-state index contributed by atoms with van der Waals surface area (Å²) in [7, 11) is 1.77. The van der Waals surface area contributed by atoms with Gasteiger partial charge in [-0.2, -0.15) is 5.10 Å². The van der Waals surface area contributed by atoms with Gasteiger partial charge in [-0.25, -0.2) is 0 Å². The predicted molar refractivity (Wildman–Crippen MR) is 109 cm³/mol. The van der Waals surface area contributed by atoms with Crippen molar-refractivity contribution in [3.05, 3.63) is 71.0 Å². The zero-order valence-electron chi connectivity index (χ0n) is 14.3. The lowest BCUT2D eigenvalue weighted by Crippen LogP contribution is -2.34. The first kappa shape index (κ1) is 18.1. The van der Waals surface area contributed by atoms with E-state index in [0.717, 1.165) is 16.8 Å². The molecule has 26 heavy (non-hydrogen) atoms. The molecule has 2 aromatic carbocycles. The fourth-order valence-corrected chi connectivity index (χ4v) is 2.95. The molecule has 5 nitrogen and oxygen atoms in total. The molecule has 0 aliphatic carbocycles. The van der Waals surface area contributed by atoms with E-state index in [0.29, 0.717) is 16.3 Å². The van der Waals surface area contributed by atoms with E-state index >= 15 is 0 Å². The highest BCUT2D eigenvalue weighted by Crippen LogP contribution is 2.28. The maximum atomic E-state index is 12.4. The monoisotopic (exact) mass is 384 g/mol. The van der Waals surface area contributed by atoms with Crippen LogP contribution in [0.1, 0.15) is 16.1 Å². The van der Waals surface area contributed by atoms with Gasteiger partial charge in [0.05, 0.1) is 11.3 Å². The Morgan fingerprint density at radius 1 is 1.15 bits per heavy atom. The van der Waals surface area contributed by atoms with Crippen LogP contribution in [0.2, 0.25) is 5.02 Å². The van der Waals surface area contributed by atoms with Crippen LogP contribution in [-0.2, 0) is 7.05 Å². The van der Waals surface area contributed by atoms with Gasteiger partial charge in [0.1, 0.15) is 0 Å². The first-order valence-corrected chi connectivity index (χ1v) is 8.70. The Balaban J connectivity index is 1.77. The molecule has 1 heterocycles. The molecule has 3 rings (SSSR count). The number of hydrogen-bond acceptors (Lipinski definition) is 3. The van der Waals surface area contributed by atoms with Gasteiger partial charge in [-0.3, -0.25) is 14.8 Å². The molecule has 0 unspecified atom stereocenters. The zero-order valence-corrected chi connectivity index (χ0v) is 15.9. The Morgan fingerprint density at radius 2 is 1.85 bits per heavy atom. The average molecular weight is 385 g/mol. The Kier molecular flexibility index (Phi) is 5.35. The number of para-hydroxylation sites is 1. The van der Waals surface area contributed by atoms with Crippen LogP contribution >= 0.6 is 23.8 Å². The van der Waals surface area contributed by atoms with E-state index < -0.39 is 0 Å². The Bertz CT molecular complexity index is 966. The number of benzene rings is 2. The highest BCUT2D eigenvalue weighted by Gasteiger charge is 2.14. The maximum Gasteiger partial charge on any atom is 0.260 e. The predicted octanol–water partition coefficient (Wildman–Crippen LogP) is 4.18. The number of amides is 1. The molecule has 0 bridgehead atoms. The number of aryl methyl sites for hydroxylation is 2. The van der Waals surface area contributed by atoms with Gasteiger partial charge in [0.15, 0.2) is 5.11 Å². The molecule has 1 aromatic heterocycles. The third-order valence-corrected chi connectivity index (χ3v) is 4.27. The topological polar surface area (TPSA) is 59.0 Å². The fourth-order valence-electron chi connectivity index (χ4n) is 2.62. The number of aromatic nitrogens is 2. The van der Waals surface area contributed by atoms with Crippen molar-refractivity contribution in [3.63, 3.8) is 0 Å². The third-order valence-electron chi connectivity index (χ3n) is 3.82. The number of halogens is 1.